The van der Waals surface area contributed by atoms with Gasteiger partial charge in [0.05, 0.1) is 31.0 Å². The van der Waals surface area contributed by atoms with Crippen LogP contribution in [-0.4, -0.2) is 48.5 Å². The average Bonchev–Trinajstić information content (AvgIpc) is 3.30. The van der Waals surface area contributed by atoms with Crippen molar-refractivity contribution >= 4 is 25.2 Å². The Kier molecular flexibility index (Phi) is 8.54. The first-order chi connectivity index (χ1) is 18.4. The quantitative estimate of drug-likeness (QED) is 0.140. The molecule has 0 unspecified atom stereocenters. The van der Waals surface area contributed by atoms with Crippen molar-refractivity contribution < 1.29 is 23.1 Å². The van der Waals surface area contributed by atoms with Gasteiger partial charge in [-0.25, -0.2) is 9.18 Å². The molecule has 9 heteroatoms. The number of ether oxygens (including phenoxy) is 2. The molecule has 1 aliphatic rings. The highest BCUT2D eigenvalue weighted by Crippen LogP contribution is 2.41. The molecule has 0 amide bonds. The third-order valence-electron chi connectivity index (χ3n) is 8.15. The molecule has 0 spiro atoms. The number of hydrogen-bond acceptors (Lipinski definition) is 5. The van der Waals surface area contributed by atoms with Gasteiger partial charge in [0, 0.05) is 42.4 Å². The molecular weight excluding hydrogens is 513 g/mol. The van der Waals surface area contributed by atoms with E-state index in [-0.39, 0.29) is 24.1 Å². The van der Waals surface area contributed by atoms with Crippen LogP contribution in [0.4, 0.5) is 4.39 Å². The molecule has 0 N–H and O–H groups in total. The zero-order valence-corrected chi connectivity index (χ0v) is 25.6. The summed E-state index contributed by atoms with van der Waals surface area (Å²) in [6, 6.07) is 3.29. The van der Waals surface area contributed by atoms with Crippen LogP contribution in [0.1, 0.15) is 61.6 Å². The molecule has 0 fully saturated rings. The van der Waals surface area contributed by atoms with E-state index in [4.69, 9.17) is 13.9 Å². The fourth-order valence-corrected chi connectivity index (χ4v) is 6.05. The molecule has 0 aliphatic carbocycles. The highest BCUT2D eigenvalue weighted by Gasteiger charge is 2.37. The van der Waals surface area contributed by atoms with E-state index in [1.165, 1.54) is 6.07 Å². The van der Waals surface area contributed by atoms with Crippen molar-refractivity contribution in [2.75, 3.05) is 19.8 Å². The van der Waals surface area contributed by atoms with E-state index >= 15 is 4.39 Å². The van der Waals surface area contributed by atoms with Gasteiger partial charge in [0.2, 0.25) is 0 Å². The number of allylic oxidation sites excluding steroid dienone is 1. The zero-order valence-electron chi connectivity index (χ0n) is 24.6. The molecule has 0 saturated carbocycles. The van der Waals surface area contributed by atoms with Crippen LogP contribution < -0.4 is 0 Å². The average molecular weight is 556 g/mol. The maximum absolute atomic E-state index is 15.8. The molecule has 1 aliphatic heterocycles. The number of halogens is 1. The second kappa shape index (κ2) is 11.4. The number of aromatic nitrogens is 3. The zero-order chi connectivity index (χ0) is 28.5. The van der Waals surface area contributed by atoms with Crippen molar-refractivity contribution in [1.29, 1.82) is 0 Å². The number of nitrogens with zero attached hydrogens (tertiary/aromatic N) is 3. The lowest BCUT2D eigenvalue weighted by Crippen LogP contribution is -2.41. The van der Waals surface area contributed by atoms with E-state index in [0.29, 0.717) is 54.2 Å². The highest BCUT2D eigenvalue weighted by molar-refractivity contribution is 6.74. The van der Waals surface area contributed by atoms with Gasteiger partial charge in [0.25, 0.3) is 0 Å². The molecule has 0 radical (unpaired) electrons. The van der Waals surface area contributed by atoms with E-state index in [9.17, 15) is 4.79 Å². The minimum atomic E-state index is -1.90. The van der Waals surface area contributed by atoms with Gasteiger partial charge >= 0.3 is 5.97 Å². The Morgan fingerprint density at radius 3 is 2.64 bits per heavy atom. The molecule has 3 heterocycles. The molecule has 3 aromatic rings. The molecule has 0 atom stereocenters. The summed E-state index contributed by atoms with van der Waals surface area (Å²) in [4.78, 5) is 13.5. The first-order valence-electron chi connectivity index (χ1n) is 13.8. The Morgan fingerprint density at radius 1 is 1.21 bits per heavy atom. The minimum absolute atomic E-state index is 0.117. The second-order valence-electron chi connectivity index (χ2n) is 11.7. The largest absolute Gasteiger partial charge is 0.461 e. The normalized spacial score (nSPS) is 15.2. The number of aryl methyl sites for hydroxylation is 2. The van der Waals surface area contributed by atoms with Crippen molar-refractivity contribution in [1.82, 2.24) is 14.3 Å². The van der Waals surface area contributed by atoms with Crippen LogP contribution in [0.5, 0.6) is 0 Å². The number of hydrogen-bond donors (Lipinski definition) is 0. The number of carbonyl (C=O) groups excluding carboxylic acids is 1. The van der Waals surface area contributed by atoms with Crippen molar-refractivity contribution in [3.8, 4) is 11.1 Å². The van der Waals surface area contributed by atoms with Crippen molar-refractivity contribution in [2.24, 2.45) is 7.05 Å². The SMILES string of the molecule is CCOC(=O)c1c(CCCO[Si](C)(C)C(C)(C)C)c2ccc(F)c3c2n1C/C=C\COCc1nn(C)c(C)c1-3. The fraction of sp³-hybridized carbons (Fsp3) is 0.533. The first-order valence-corrected chi connectivity index (χ1v) is 16.7. The number of rotatable bonds is 7. The lowest BCUT2D eigenvalue weighted by molar-refractivity contribution is 0.0513. The smallest absolute Gasteiger partial charge is 0.355 e. The molecular formula is C30H42FN3O4Si. The lowest BCUT2D eigenvalue weighted by Gasteiger charge is -2.36. The second-order valence-corrected chi connectivity index (χ2v) is 16.5. The molecule has 0 saturated heterocycles. The molecule has 0 bridgehead atoms. The Hall–Kier alpha value is -2.75. The third kappa shape index (κ3) is 5.62. The molecule has 212 valence electrons. The summed E-state index contributed by atoms with van der Waals surface area (Å²) in [5.74, 6) is -0.756. The number of esters is 1. The fourth-order valence-electron chi connectivity index (χ4n) is 4.97. The summed E-state index contributed by atoms with van der Waals surface area (Å²) in [6.45, 7) is 16.8. The van der Waals surface area contributed by atoms with Crippen LogP contribution in [0.15, 0.2) is 24.3 Å². The summed E-state index contributed by atoms with van der Waals surface area (Å²) in [5, 5.41) is 5.61. The van der Waals surface area contributed by atoms with Crippen molar-refractivity contribution in [3.63, 3.8) is 0 Å². The highest BCUT2D eigenvalue weighted by atomic mass is 28.4. The van der Waals surface area contributed by atoms with Crippen molar-refractivity contribution in [2.45, 2.75) is 78.7 Å². The topological polar surface area (TPSA) is 67.5 Å². The van der Waals surface area contributed by atoms with E-state index in [1.807, 2.05) is 30.7 Å². The van der Waals surface area contributed by atoms with E-state index in [0.717, 1.165) is 23.1 Å². The van der Waals surface area contributed by atoms with Crippen LogP contribution >= 0.6 is 0 Å². The van der Waals surface area contributed by atoms with Crippen LogP contribution in [0.2, 0.25) is 18.1 Å². The standard InChI is InChI=1S/C30H42FN3O4Si/c1-9-37-29(35)28-21(13-12-18-38-39(7,8)30(3,4)5)22-14-15-23(31)26-25-20(2)33(6)32-24(25)19-36-17-11-10-16-34(28)27(22)26/h10-11,14-15H,9,12-13,16-19H2,1-8H3/b11-10-. The van der Waals surface area contributed by atoms with Gasteiger partial charge in [0.1, 0.15) is 11.5 Å². The van der Waals surface area contributed by atoms with Gasteiger partial charge in [0.15, 0.2) is 8.32 Å². The number of benzene rings is 1. The summed E-state index contributed by atoms with van der Waals surface area (Å²) >= 11 is 0. The summed E-state index contributed by atoms with van der Waals surface area (Å²) in [6.07, 6.45) is 5.24. The van der Waals surface area contributed by atoms with Gasteiger partial charge < -0.3 is 18.5 Å². The Labute approximate surface area is 232 Å². The number of fused-ring (bicyclic) bond motifs is 2. The molecule has 39 heavy (non-hydrogen) atoms. The Morgan fingerprint density at radius 2 is 1.95 bits per heavy atom. The predicted octanol–water partition coefficient (Wildman–Crippen LogP) is 6.71. The molecule has 4 rings (SSSR count). The van der Waals surface area contributed by atoms with Gasteiger partial charge in [-0.1, -0.05) is 32.9 Å². The molecule has 7 nitrogen and oxygen atoms in total. The maximum Gasteiger partial charge on any atom is 0.355 e. The van der Waals surface area contributed by atoms with Crippen LogP contribution in [0, 0.1) is 12.7 Å². The monoisotopic (exact) mass is 555 g/mol. The van der Waals surface area contributed by atoms with Gasteiger partial charge in [-0.2, -0.15) is 5.10 Å². The predicted molar refractivity (Wildman–Crippen MR) is 155 cm³/mol. The molecule has 2 aromatic heterocycles. The number of carbonyl (C=O) groups is 1. The summed E-state index contributed by atoms with van der Waals surface area (Å²) < 4.78 is 37.3. The van der Waals surface area contributed by atoms with Crippen LogP contribution in [-0.2, 0) is 40.5 Å². The van der Waals surface area contributed by atoms with E-state index < -0.39 is 14.3 Å². The van der Waals surface area contributed by atoms with Gasteiger partial charge in [-0.05, 0) is 62.5 Å². The third-order valence-corrected chi connectivity index (χ3v) is 12.7. The molecule has 1 aromatic carbocycles. The van der Waals surface area contributed by atoms with E-state index in [2.05, 4.69) is 39.0 Å². The minimum Gasteiger partial charge on any atom is -0.461 e. The summed E-state index contributed by atoms with van der Waals surface area (Å²) in [5.41, 5.74) is 4.69. The Balaban J connectivity index is 1.91. The first kappa shape index (κ1) is 29.2. The van der Waals surface area contributed by atoms with Crippen molar-refractivity contribution in [3.05, 3.63) is 52.7 Å². The Bertz CT molecular complexity index is 1400. The van der Waals surface area contributed by atoms with Gasteiger partial charge in [-0.3, -0.25) is 4.68 Å². The van der Waals surface area contributed by atoms with Crippen LogP contribution in [0.3, 0.4) is 0 Å². The maximum atomic E-state index is 15.8. The lowest BCUT2D eigenvalue weighted by atomic mass is 9.97. The van der Waals surface area contributed by atoms with Crippen LogP contribution in [0.25, 0.3) is 22.0 Å². The van der Waals surface area contributed by atoms with Gasteiger partial charge in [-0.15, -0.1) is 0 Å². The summed E-state index contributed by atoms with van der Waals surface area (Å²) in [7, 11) is -0.0523. The van der Waals surface area contributed by atoms with E-state index in [1.54, 1.807) is 17.7 Å².